The number of benzene rings is 3. The van der Waals surface area contributed by atoms with Crippen LogP contribution in [0.15, 0.2) is 67.0 Å². The average molecular weight is 1160 g/mol. The van der Waals surface area contributed by atoms with E-state index in [9.17, 15) is 23.2 Å². The number of likely N-dealkylation sites (N-methyl/N-ethyl adjacent to an activating group) is 1. The molecule has 6 aromatic rings. The largest absolute Gasteiger partial charge is 0.464 e. The van der Waals surface area contributed by atoms with Gasteiger partial charge in [0.15, 0.2) is 6.10 Å². The molecule has 3 N–H and O–H groups in total. The molecule has 3 aromatic carbocycles. The minimum atomic E-state index is -0.521. The summed E-state index contributed by atoms with van der Waals surface area (Å²) in [6, 6.07) is 14.0. The molecule has 3 unspecified atom stereocenters. The van der Waals surface area contributed by atoms with E-state index in [1.165, 1.54) is 37.8 Å². The summed E-state index contributed by atoms with van der Waals surface area (Å²) in [5.74, 6) is -0.704. The molecule has 0 aliphatic carbocycles. The molecule has 0 saturated carbocycles. The minimum Gasteiger partial charge on any atom is -0.464 e. The predicted molar refractivity (Wildman–Crippen MR) is 308 cm³/mol. The Bertz CT molecular complexity index is 2900. The van der Waals surface area contributed by atoms with Gasteiger partial charge in [0.1, 0.15) is 35.4 Å². The first kappa shape index (κ1) is 66.0. The normalized spacial score (nSPS) is 14.8. The van der Waals surface area contributed by atoms with Crippen molar-refractivity contribution in [2.75, 3.05) is 59.7 Å². The van der Waals surface area contributed by atoms with E-state index in [0.717, 1.165) is 45.3 Å². The summed E-state index contributed by atoms with van der Waals surface area (Å²) in [6.45, 7) is 26.4. The molecular weight excluding hydrogens is 1080 g/mol. The van der Waals surface area contributed by atoms with Crippen molar-refractivity contribution in [3.05, 3.63) is 122 Å². The third-order valence-corrected chi connectivity index (χ3v) is 14.8. The van der Waals surface area contributed by atoms with E-state index in [1.807, 2.05) is 44.5 Å². The summed E-state index contributed by atoms with van der Waals surface area (Å²) in [5, 5.41) is 5.38. The first-order valence-corrected chi connectivity index (χ1v) is 28.3. The number of ether oxygens (including phenoxy) is 4. The minimum absolute atomic E-state index is 0.0388. The maximum absolute atomic E-state index is 15.5. The van der Waals surface area contributed by atoms with Gasteiger partial charge in [-0.05, 0) is 122 Å². The standard InChI is InChI=1S/C26H26FN5O2S.C12H15ClFNO2.C7H7ClFN.C7H14O3.C6H15N/c1-14-26(33)31(3)13-21-24(30-25(32(14)21)16-6-8-34-9-7-16)23-18-11-29-20(22-12-28-15(2)35-22)10-17(18)4-5-19(23)27;1-3-17-8(2)12(16)15-7-9-5-4-6-10(14)11(9)13;8-7-5(4-10)2-1-3-6(7)9;1-4-9-6(3)7(8)10-5-2;1-4-7(5-2)6-3/h4-5,10-12,14,16H,6-9,13H2,1-3H3;4-6,8H,3,7H2,1-2H3,(H,15,16);1-3H,4,10H2;6H,4-5H2,1-3H3;4-6H2,1-3H3. The lowest BCUT2D eigenvalue weighted by Crippen LogP contribution is -2.40. The molecular formula is C58H77Cl2F3N8O7S. The lowest BCUT2D eigenvalue weighted by Gasteiger charge is -2.32. The second kappa shape index (κ2) is 33.3. The van der Waals surface area contributed by atoms with Crippen molar-refractivity contribution >= 4 is 63.1 Å². The molecule has 21 heteroatoms. The molecule has 2 aliphatic heterocycles. The number of fused-ring (bicyclic) bond motifs is 2. The Kier molecular flexibility index (Phi) is 27.8. The number of esters is 1. The first-order valence-electron chi connectivity index (χ1n) is 26.7. The summed E-state index contributed by atoms with van der Waals surface area (Å²) in [7, 11) is 1.79. The van der Waals surface area contributed by atoms with Crippen LogP contribution in [0.2, 0.25) is 10.0 Å². The molecule has 5 heterocycles. The second-order valence-electron chi connectivity index (χ2n) is 18.3. The lowest BCUT2D eigenvalue weighted by atomic mass is 9.98. The Hall–Kier alpha value is -5.51. The first-order chi connectivity index (χ1) is 37.8. The Labute approximate surface area is 477 Å². The van der Waals surface area contributed by atoms with Gasteiger partial charge in [0, 0.05) is 75.8 Å². The number of hydrogen-bond acceptors (Lipinski definition) is 13. The van der Waals surface area contributed by atoms with Crippen LogP contribution < -0.4 is 11.1 Å². The van der Waals surface area contributed by atoms with E-state index < -0.39 is 23.8 Å². The fraction of sp³-hybridized carbons (Fsp3) is 0.483. The van der Waals surface area contributed by atoms with E-state index in [-0.39, 0.29) is 58.7 Å². The van der Waals surface area contributed by atoms with Crippen LogP contribution in [-0.4, -0.2) is 119 Å². The fourth-order valence-corrected chi connectivity index (χ4v) is 9.72. The zero-order valence-corrected chi connectivity index (χ0v) is 49.6. The Morgan fingerprint density at radius 1 is 0.861 bits per heavy atom. The number of rotatable bonds is 16. The van der Waals surface area contributed by atoms with Gasteiger partial charge in [0.25, 0.3) is 0 Å². The molecule has 15 nitrogen and oxygen atoms in total. The van der Waals surface area contributed by atoms with Crippen LogP contribution >= 0.6 is 34.5 Å². The summed E-state index contributed by atoms with van der Waals surface area (Å²) in [4.78, 5) is 54.3. The third kappa shape index (κ3) is 18.5. The van der Waals surface area contributed by atoms with Crippen molar-refractivity contribution < 1.29 is 46.5 Å². The molecule has 1 fully saturated rings. The maximum Gasteiger partial charge on any atom is 0.334 e. The van der Waals surface area contributed by atoms with Crippen molar-refractivity contribution in [3.8, 4) is 21.8 Å². The van der Waals surface area contributed by atoms with Gasteiger partial charge in [-0.25, -0.2) is 27.9 Å². The number of thiazole rings is 1. The third-order valence-electron chi connectivity index (χ3n) is 13.0. The van der Waals surface area contributed by atoms with Gasteiger partial charge in [-0.2, -0.15) is 0 Å². The number of nitrogens with zero attached hydrogens (tertiary/aromatic N) is 6. The summed E-state index contributed by atoms with van der Waals surface area (Å²) >= 11 is 12.9. The van der Waals surface area contributed by atoms with E-state index >= 15 is 4.39 Å². The molecule has 432 valence electrons. The van der Waals surface area contributed by atoms with Crippen LogP contribution in [-0.2, 0) is 53.0 Å². The lowest BCUT2D eigenvalue weighted by molar-refractivity contribution is -0.155. The SMILES string of the molecule is CCN(CC)CC.CCOC(=O)C(C)OCC.CCOC(C)C(=O)NCc1cccc(F)c1Cl.Cc1ncc(-c2cc3ccc(F)c(-c4nc(C5CCOCC5)n5c4CN(C)C(=O)C5C)c3cn2)s1.NCc1cccc(F)c1Cl. The summed E-state index contributed by atoms with van der Waals surface area (Å²) < 4.78 is 63.6. The molecule has 3 atom stereocenters. The highest BCUT2D eigenvalue weighted by molar-refractivity contribution is 7.15. The van der Waals surface area contributed by atoms with Gasteiger partial charge < -0.3 is 44.4 Å². The highest BCUT2D eigenvalue weighted by atomic mass is 35.5. The van der Waals surface area contributed by atoms with E-state index in [2.05, 4.69) is 41.0 Å². The number of carbonyl (C=O) groups is 3. The Balaban J connectivity index is 0.000000253. The molecule has 0 bridgehead atoms. The summed E-state index contributed by atoms with van der Waals surface area (Å²) in [6.07, 6.45) is 4.28. The molecule has 2 aliphatic rings. The van der Waals surface area contributed by atoms with Crippen LogP contribution in [0.3, 0.4) is 0 Å². The zero-order chi connectivity index (χ0) is 58.3. The van der Waals surface area contributed by atoms with Crippen molar-refractivity contribution in [1.29, 1.82) is 0 Å². The number of halogens is 5. The second-order valence-corrected chi connectivity index (χ2v) is 20.3. The fourth-order valence-electron chi connectivity index (χ4n) is 8.58. The monoisotopic (exact) mass is 1160 g/mol. The quantitative estimate of drug-likeness (QED) is 0.0879. The zero-order valence-electron chi connectivity index (χ0n) is 47.3. The van der Waals surface area contributed by atoms with Gasteiger partial charge >= 0.3 is 5.97 Å². The molecule has 2 amide bonds. The predicted octanol–water partition coefficient (Wildman–Crippen LogP) is 11.9. The molecule has 79 heavy (non-hydrogen) atoms. The summed E-state index contributed by atoms with van der Waals surface area (Å²) in [5.41, 5.74) is 9.18. The van der Waals surface area contributed by atoms with Crippen LogP contribution in [0.25, 0.3) is 32.6 Å². The Morgan fingerprint density at radius 2 is 1.47 bits per heavy atom. The van der Waals surface area contributed by atoms with Gasteiger partial charge in [-0.3, -0.25) is 14.6 Å². The maximum atomic E-state index is 15.5. The van der Waals surface area contributed by atoms with E-state index in [4.69, 9.17) is 52.9 Å². The van der Waals surface area contributed by atoms with Crippen molar-refractivity contribution in [2.45, 2.75) is 126 Å². The number of hydrogen-bond donors (Lipinski definition) is 2. The highest BCUT2D eigenvalue weighted by Crippen LogP contribution is 2.41. The van der Waals surface area contributed by atoms with Gasteiger partial charge in [-0.1, -0.05) is 74.3 Å². The topological polar surface area (TPSA) is 176 Å². The number of nitrogens with two attached hydrogens (primary N) is 1. The molecule has 0 radical (unpaired) electrons. The number of aryl methyl sites for hydroxylation is 1. The molecule has 0 spiro atoms. The van der Waals surface area contributed by atoms with Gasteiger partial charge in [0.2, 0.25) is 11.8 Å². The van der Waals surface area contributed by atoms with Gasteiger partial charge in [0.05, 0.1) is 50.2 Å². The van der Waals surface area contributed by atoms with Crippen LogP contribution in [0.5, 0.6) is 0 Å². The Morgan fingerprint density at radius 3 is 2.01 bits per heavy atom. The van der Waals surface area contributed by atoms with Gasteiger partial charge in [-0.15, -0.1) is 11.3 Å². The molecule has 1 saturated heterocycles. The number of imidazole rings is 1. The number of amides is 2. The number of nitrogens with one attached hydrogen (secondary N) is 1. The van der Waals surface area contributed by atoms with Crippen molar-refractivity contribution in [1.82, 2.24) is 34.6 Å². The van der Waals surface area contributed by atoms with Crippen molar-refractivity contribution in [3.63, 3.8) is 0 Å². The number of carbonyl (C=O) groups excluding carboxylic acids is 3. The highest BCUT2D eigenvalue weighted by Gasteiger charge is 2.37. The van der Waals surface area contributed by atoms with E-state index in [1.54, 1.807) is 80.6 Å². The van der Waals surface area contributed by atoms with Crippen molar-refractivity contribution in [2.24, 2.45) is 5.73 Å². The smallest absolute Gasteiger partial charge is 0.334 e. The van der Waals surface area contributed by atoms with Crippen LogP contribution in [0.1, 0.15) is 115 Å². The molecule has 3 aromatic heterocycles. The van der Waals surface area contributed by atoms with Crippen LogP contribution in [0, 0.1) is 24.4 Å². The van der Waals surface area contributed by atoms with Crippen LogP contribution in [0.4, 0.5) is 13.2 Å². The number of pyridine rings is 1. The van der Waals surface area contributed by atoms with E-state index in [0.29, 0.717) is 67.3 Å². The average Bonchev–Trinajstić information content (AvgIpc) is 4.26. The number of aromatic nitrogens is 4. The molecule has 8 rings (SSSR count).